The van der Waals surface area contributed by atoms with E-state index in [1.807, 2.05) is 0 Å². The van der Waals surface area contributed by atoms with Gasteiger partial charge in [-0.3, -0.25) is 0 Å². The van der Waals surface area contributed by atoms with Crippen molar-refractivity contribution in [3.63, 3.8) is 0 Å². The van der Waals surface area contributed by atoms with Crippen molar-refractivity contribution in [1.82, 2.24) is 0 Å². The molecule has 0 amide bonds. The van der Waals surface area contributed by atoms with Crippen molar-refractivity contribution >= 4 is 0 Å². The molecule has 0 aromatic rings. The first-order valence-electron chi connectivity index (χ1n) is 8.25. The minimum atomic E-state index is -0.917. The van der Waals surface area contributed by atoms with Crippen molar-refractivity contribution in [2.45, 2.75) is 76.2 Å². The summed E-state index contributed by atoms with van der Waals surface area (Å²) >= 11 is 0. The fourth-order valence-electron chi connectivity index (χ4n) is 5.05. The van der Waals surface area contributed by atoms with E-state index in [1.54, 1.807) is 13.8 Å². The SMILES string of the molecule is C=C(C)C(O)OC12CC3CC(C1)CC(OC(O)C(=C)C)(C3)C2. The van der Waals surface area contributed by atoms with E-state index in [0.29, 0.717) is 23.0 Å². The van der Waals surface area contributed by atoms with Crippen LogP contribution in [-0.2, 0) is 9.47 Å². The molecule has 2 unspecified atom stereocenters. The van der Waals surface area contributed by atoms with E-state index in [4.69, 9.17) is 9.47 Å². The Balaban J connectivity index is 1.80. The number of hydrogen-bond donors (Lipinski definition) is 2. The number of rotatable bonds is 6. The van der Waals surface area contributed by atoms with Crippen LogP contribution in [0.15, 0.2) is 24.3 Å². The highest BCUT2D eigenvalue weighted by Crippen LogP contribution is 2.60. The molecule has 0 saturated heterocycles. The molecule has 0 aromatic carbocycles. The molecule has 4 bridgehead atoms. The minimum Gasteiger partial charge on any atom is -0.364 e. The molecule has 0 radical (unpaired) electrons. The average Bonchev–Trinajstić information content (AvgIpc) is 2.35. The first kappa shape index (κ1) is 16.2. The molecule has 4 heteroatoms. The largest absolute Gasteiger partial charge is 0.364 e. The number of aliphatic hydroxyl groups excluding tert-OH is 2. The second-order valence-corrected chi connectivity index (χ2v) is 7.96. The van der Waals surface area contributed by atoms with E-state index in [1.165, 1.54) is 6.42 Å². The molecule has 4 aliphatic rings. The molecule has 2 atom stereocenters. The molecule has 4 aliphatic carbocycles. The van der Waals surface area contributed by atoms with Gasteiger partial charge in [0.1, 0.15) is 0 Å². The Morgan fingerprint density at radius 3 is 1.59 bits per heavy atom. The molecule has 4 rings (SSSR count). The van der Waals surface area contributed by atoms with Crippen molar-refractivity contribution in [3.8, 4) is 0 Å². The number of hydrogen-bond acceptors (Lipinski definition) is 4. The molecule has 4 fully saturated rings. The van der Waals surface area contributed by atoms with Gasteiger partial charge in [-0.1, -0.05) is 13.2 Å². The lowest BCUT2D eigenvalue weighted by molar-refractivity contribution is -0.292. The Morgan fingerprint density at radius 2 is 1.27 bits per heavy atom. The molecule has 2 N–H and O–H groups in total. The third-order valence-electron chi connectivity index (χ3n) is 5.52. The summed E-state index contributed by atoms with van der Waals surface area (Å²) in [6.07, 6.45) is 4.01. The highest BCUT2D eigenvalue weighted by atomic mass is 16.6. The summed E-state index contributed by atoms with van der Waals surface area (Å²) in [6, 6.07) is 0. The van der Waals surface area contributed by atoms with Crippen molar-refractivity contribution in [3.05, 3.63) is 24.3 Å². The van der Waals surface area contributed by atoms with Gasteiger partial charge in [0.25, 0.3) is 0 Å². The molecule has 4 saturated carbocycles. The summed E-state index contributed by atoms with van der Waals surface area (Å²) in [7, 11) is 0. The van der Waals surface area contributed by atoms with Gasteiger partial charge in [0.05, 0.1) is 11.2 Å². The van der Waals surface area contributed by atoms with Crippen molar-refractivity contribution in [2.24, 2.45) is 11.8 Å². The van der Waals surface area contributed by atoms with E-state index in [9.17, 15) is 10.2 Å². The lowest BCUT2D eigenvalue weighted by atomic mass is 9.52. The zero-order valence-corrected chi connectivity index (χ0v) is 13.7. The predicted octanol–water partition coefficient (Wildman–Crippen LogP) is 2.90. The van der Waals surface area contributed by atoms with Crippen LogP contribution in [0.2, 0.25) is 0 Å². The smallest absolute Gasteiger partial charge is 0.177 e. The second kappa shape index (κ2) is 5.45. The first-order chi connectivity index (χ1) is 10.2. The van der Waals surface area contributed by atoms with Crippen LogP contribution in [0.5, 0.6) is 0 Å². The molecule has 0 heterocycles. The van der Waals surface area contributed by atoms with Crippen LogP contribution >= 0.6 is 0 Å². The third kappa shape index (κ3) is 2.90. The fraction of sp³-hybridized carbons (Fsp3) is 0.778. The highest BCUT2D eigenvalue weighted by Gasteiger charge is 2.60. The van der Waals surface area contributed by atoms with Gasteiger partial charge in [-0.05, 0) is 68.9 Å². The van der Waals surface area contributed by atoms with Crippen molar-refractivity contribution < 1.29 is 19.7 Å². The van der Waals surface area contributed by atoms with Gasteiger partial charge >= 0.3 is 0 Å². The fourth-order valence-corrected chi connectivity index (χ4v) is 5.05. The molecule has 0 aliphatic heterocycles. The van der Waals surface area contributed by atoms with E-state index >= 15 is 0 Å². The standard InChI is InChI=1S/C18H28O4/c1-11(2)15(19)21-17-6-13-5-14(7-17)9-18(8-13,10-17)22-16(20)12(3)4/h13-16,19-20H,1,3,5-10H2,2,4H3. The third-order valence-corrected chi connectivity index (χ3v) is 5.52. The zero-order chi connectivity index (χ0) is 16.1. The summed E-state index contributed by atoms with van der Waals surface area (Å²) in [6.45, 7) is 11.1. The van der Waals surface area contributed by atoms with Crippen LogP contribution in [0.25, 0.3) is 0 Å². The maximum atomic E-state index is 10.1. The Morgan fingerprint density at radius 1 is 0.909 bits per heavy atom. The predicted molar refractivity (Wildman–Crippen MR) is 84.0 cm³/mol. The first-order valence-corrected chi connectivity index (χ1v) is 8.25. The van der Waals surface area contributed by atoms with Gasteiger partial charge in [-0.15, -0.1) is 0 Å². The van der Waals surface area contributed by atoms with Gasteiger partial charge in [-0.25, -0.2) is 0 Å². The number of aliphatic hydroxyl groups is 2. The van der Waals surface area contributed by atoms with E-state index < -0.39 is 12.6 Å². The normalized spacial score (nSPS) is 42.2. The Labute approximate surface area is 132 Å². The minimum absolute atomic E-state index is 0.336. The summed E-state index contributed by atoms with van der Waals surface area (Å²) in [5, 5.41) is 20.2. The van der Waals surface area contributed by atoms with E-state index in [0.717, 1.165) is 32.1 Å². The van der Waals surface area contributed by atoms with E-state index in [-0.39, 0.29) is 11.2 Å². The molecular weight excluding hydrogens is 280 g/mol. The van der Waals surface area contributed by atoms with Crippen LogP contribution in [-0.4, -0.2) is 34.0 Å². The Hall–Kier alpha value is -0.680. The number of ether oxygens (including phenoxy) is 2. The second-order valence-electron chi connectivity index (χ2n) is 7.96. The van der Waals surface area contributed by atoms with Gasteiger partial charge in [-0.2, -0.15) is 0 Å². The quantitative estimate of drug-likeness (QED) is 0.585. The molecule has 0 aromatic heterocycles. The van der Waals surface area contributed by atoms with E-state index in [2.05, 4.69) is 13.2 Å². The monoisotopic (exact) mass is 308 g/mol. The van der Waals surface area contributed by atoms with Crippen LogP contribution < -0.4 is 0 Å². The molecule has 124 valence electrons. The summed E-state index contributed by atoms with van der Waals surface area (Å²) < 4.78 is 12.1. The molecule has 4 nitrogen and oxygen atoms in total. The van der Waals surface area contributed by atoms with Gasteiger partial charge in [0.15, 0.2) is 12.6 Å². The zero-order valence-electron chi connectivity index (χ0n) is 13.7. The average molecular weight is 308 g/mol. The van der Waals surface area contributed by atoms with Crippen molar-refractivity contribution in [1.29, 1.82) is 0 Å². The van der Waals surface area contributed by atoms with Crippen molar-refractivity contribution in [2.75, 3.05) is 0 Å². The van der Waals surface area contributed by atoms with Crippen LogP contribution in [0.3, 0.4) is 0 Å². The molecule has 22 heavy (non-hydrogen) atoms. The van der Waals surface area contributed by atoms with Crippen LogP contribution in [0.4, 0.5) is 0 Å². The maximum Gasteiger partial charge on any atom is 0.177 e. The summed E-state index contributed by atoms with van der Waals surface area (Å²) in [4.78, 5) is 0. The maximum absolute atomic E-state index is 10.1. The molecular formula is C18H28O4. The topological polar surface area (TPSA) is 58.9 Å². The highest BCUT2D eigenvalue weighted by molar-refractivity contribution is 5.12. The summed E-state index contributed by atoms with van der Waals surface area (Å²) in [5.74, 6) is 1.10. The lowest BCUT2D eigenvalue weighted by Crippen LogP contribution is -2.62. The lowest BCUT2D eigenvalue weighted by Gasteiger charge is -2.61. The van der Waals surface area contributed by atoms with Crippen LogP contribution in [0.1, 0.15) is 52.4 Å². The Kier molecular flexibility index (Phi) is 4.01. The van der Waals surface area contributed by atoms with Gasteiger partial charge < -0.3 is 19.7 Å². The van der Waals surface area contributed by atoms with Crippen LogP contribution in [0, 0.1) is 11.8 Å². The van der Waals surface area contributed by atoms with Gasteiger partial charge in [0, 0.05) is 6.42 Å². The molecule has 0 spiro atoms. The Bertz CT molecular complexity index is 429. The summed E-state index contributed by atoms with van der Waals surface area (Å²) in [5.41, 5.74) is 0.592. The van der Waals surface area contributed by atoms with Gasteiger partial charge in [0.2, 0.25) is 0 Å².